The van der Waals surface area contributed by atoms with E-state index < -0.39 is 48.7 Å². The summed E-state index contributed by atoms with van der Waals surface area (Å²) < 4.78 is 0. The normalized spacial score (nSPS) is 20.1. The lowest BCUT2D eigenvalue weighted by molar-refractivity contribution is -0.143. The van der Waals surface area contributed by atoms with Crippen molar-refractivity contribution in [2.45, 2.75) is 63.9 Å². The Hall–Kier alpha value is -2.49. The Balaban J connectivity index is 2.11. The number of likely N-dealkylation sites (tertiary alicyclic amines) is 1. The van der Waals surface area contributed by atoms with Crippen molar-refractivity contribution < 1.29 is 24.6 Å². The maximum absolute atomic E-state index is 13.2. The molecule has 9 nitrogen and oxygen atoms in total. The molecule has 0 spiro atoms. The van der Waals surface area contributed by atoms with Crippen LogP contribution >= 0.6 is 0 Å². The minimum absolute atomic E-state index is 0.190. The first kappa shape index (κ1) is 24.8. The number of nitrogens with two attached hydrogens (primary N) is 1. The molecule has 9 heteroatoms. The maximum atomic E-state index is 13.2. The van der Waals surface area contributed by atoms with Crippen molar-refractivity contribution in [3.05, 3.63) is 35.9 Å². The molecule has 6 N–H and O–H groups in total. The molecular formula is C22H34N4O5. The molecule has 0 aliphatic carbocycles. The molecule has 31 heavy (non-hydrogen) atoms. The van der Waals surface area contributed by atoms with Crippen molar-refractivity contribution in [2.24, 2.45) is 11.7 Å². The molecule has 0 radical (unpaired) electrons. The van der Waals surface area contributed by atoms with E-state index >= 15 is 0 Å². The number of benzene rings is 1. The standard InChI is InChI=1S/C22H34N4O5/c1-13(2)18(25-20(29)14(3)23)22(31)26-11-7-10-17(26)21(30)24-16(12-27)19(28)15-8-5-4-6-9-15/h4-6,8-9,13-14,16-19,27-28H,7,10-12,23H2,1-3H3,(H,24,30)(H,25,29)/t14-,16+,17-,18-,19+/m0/s1. The second kappa shape index (κ2) is 11.2. The van der Waals surface area contributed by atoms with Crippen molar-refractivity contribution >= 4 is 17.7 Å². The molecule has 1 saturated heterocycles. The quantitative estimate of drug-likeness (QED) is 0.360. The minimum Gasteiger partial charge on any atom is -0.394 e. The SMILES string of the molecule is CC(C)[C@H](NC(=O)[C@H](C)N)C(=O)N1CCC[C@H]1C(=O)N[C@H](CO)[C@H](O)c1ccccc1. The number of carbonyl (C=O) groups excluding carboxylic acids is 3. The summed E-state index contributed by atoms with van der Waals surface area (Å²) in [4.78, 5) is 39.6. The lowest BCUT2D eigenvalue weighted by atomic mass is 10.0. The van der Waals surface area contributed by atoms with E-state index in [9.17, 15) is 24.6 Å². The maximum Gasteiger partial charge on any atom is 0.246 e. The van der Waals surface area contributed by atoms with Crippen LogP contribution in [0.4, 0.5) is 0 Å². The number of nitrogens with zero attached hydrogens (tertiary/aromatic N) is 1. The molecule has 0 aromatic heterocycles. The fourth-order valence-electron chi connectivity index (χ4n) is 3.67. The third-order valence-electron chi connectivity index (χ3n) is 5.53. The van der Waals surface area contributed by atoms with Crippen molar-refractivity contribution in [3.63, 3.8) is 0 Å². The average molecular weight is 435 g/mol. The summed E-state index contributed by atoms with van der Waals surface area (Å²) in [5, 5.41) is 25.6. The first-order valence-electron chi connectivity index (χ1n) is 10.7. The van der Waals surface area contributed by atoms with Crippen molar-refractivity contribution in [3.8, 4) is 0 Å². The first-order valence-corrected chi connectivity index (χ1v) is 10.7. The molecule has 5 atom stereocenters. The van der Waals surface area contributed by atoms with Gasteiger partial charge >= 0.3 is 0 Å². The van der Waals surface area contributed by atoms with Crippen molar-refractivity contribution in [2.75, 3.05) is 13.2 Å². The van der Waals surface area contributed by atoms with E-state index in [0.29, 0.717) is 24.9 Å². The predicted molar refractivity (Wildman–Crippen MR) is 116 cm³/mol. The van der Waals surface area contributed by atoms with Gasteiger partial charge in [-0.05, 0) is 31.2 Å². The van der Waals surface area contributed by atoms with Gasteiger partial charge in [0.15, 0.2) is 0 Å². The van der Waals surface area contributed by atoms with Crippen molar-refractivity contribution in [1.29, 1.82) is 0 Å². The molecule has 0 saturated carbocycles. The van der Waals surface area contributed by atoms with Gasteiger partial charge in [0.05, 0.1) is 18.7 Å². The second-order valence-electron chi connectivity index (χ2n) is 8.36. The van der Waals surface area contributed by atoms with Gasteiger partial charge in [-0.2, -0.15) is 0 Å². The molecule has 2 rings (SSSR count). The van der Waals surface area contributed by atoms with Gasteiger partial charge in [-0.1, -0.05) is 44.2 Å². The number of aliphatic hydroxyl groups is 2. The summed E-state index contributed by atoms with van der Waals surface area (Å²) in [5.74, 6) is -1.41. The number of aliphatic hydroxyl groups excluding tert-OH is 2. The Morgan fingerprint density at radius 3 is 2.35 bits per heavy atom. The highest BCUT2D eigenvalue weighted by Crippen LogP contribution is 2.22. The van der Waals surface area contributed by atoms with Gasteiger partial charge in [-0.15, -0.1) is 0 Å². The van der Waals surface area contributed by atoms with Gasteiger partial charge in [-0.25, -0.2) is 0 Å². The van der Waals surface area contributed by atoms with Crippen LogP contribution in [0.15, 0.2) is 30.3 Å². The van der Waals surface area contributed by atoms with E-state index in [0.717, 1.165) is 0 Å². The summed E-state index contributed by atoms with van der Waals surface area (Å²) >= 11 is 0. The van der Waals surface area contributed by atoms with E-state index in [2.05, 4.69) is 10.6 Å². The zero-order valence-corrected chi connectivity index (χ0v) is 18.3. The predicted octanol–water partition coefficient (Wildman–Crippen LogP) is -0.324. The van der Waals surface area contributed by atoms with E-state index in [1.807, 2.05) is 13.8 Å². The lowest BCUT2D eigenvalue weighted by Gasteiger charge is -2.32. The Morgan fingerprint density at radius 2 is 1.81 bits per heavy atom. The van der Waals surface area contributed by atoms with E-state index in [4.69, 9.17) is 5.73 Å². The summed E-state index contributed by atoms with van der Waals surface area (Å²) in [6, 6.07) is 5.54. The Kier molecular flexibility index (Phi) is 8.97. The Morgan fingerprint density at radius 1 is 1.16 bits per heavy atom. The number of hydrogen-bond donors (Lipinski definition) is 5. The minimum atomic E-state index is -1.09. The summed E-state index contributed by atoms with van der Waals surface area (Å²) in [6.07, 6.45) is 0.0128. The van der Waals surface area contributed by atoms with Crippen LogP contribution in [0.1, 0.15) is 45.3 Å². The molecule has 1 aromatic carbocycles. The van der Waals surface area contributed by atoms with Gasteiger partial charge in [0.1, 0.15) is 18.2 Å². The van der Waals surface area contributed by atoms with E-state index in [1.165, 1.54) is 11.8 Å². The average Bonchev–Trinajstić information content (AvgIpc) is 3.25. The van der Waals surface area contributed by atoms with Crippen LogP contribution in [0.25, 0.3) is 0 Å². The van der Waals surface area contributed by atoms with Crippen LogP contribution < -0.4 is 16.4 Å². The van der Waals surface area contributed by atoms with Crippen LogP contribution in [0.5, 0.6) is 0 Å². The molecule has 0 bridgehead atoms. The van der Waals surface area contributed by atoms with E-state index in [1.54, 1.807) is 30.3 Å². The molecule has 1 aliphatic heterocycles. The zero-order chi connectivity index (χ0) is 23.1. The third kappa shape index (κ3) is 6.25. The number of rotatable bonds is 9. The van der Waals surface area contributed by atoms with Crippen LogP contribution in [0.2, 0.25) is 0 Å². The monoisotopic (exact) mass is 434 g/mol. The fraction of sp³-hybridized carbons (Fsp3) is 0.591. The van der Waals surface area contributed by atoms with E-state index in [-0.39, 0.29) is 11.8 Å². The molecule has 1 fully saturated rings. The first-order chi connectivity index (χ1) is 14.7. The topological polar surface area (TPSA) is 145 Å². The van der Waals surface area contributed by atoms with Gasteiger partial charge in [0.25, 0.3) is 0 Å². The summed E-state index contributed by atoms with van der Waals surface area (Å²) in [7, 11) is 0. The number of nitrogens with one attached hydrogen (secondary N) is 2. The highest BCUT2D eigenvalue weighted by Gasteiger charge is 2.39. The highest BCUT2D eigenvalue weighted by atomic mass is 16.3. The smallest absolute Gasteiger partial charge is 0.246 e. The summed E-state index contributed by atoms with van der Waals surface area (Å²) in [6.45, 7) is 5.09. The van der Waals surface area contributed by atoms with Crippen LogP contribution in [-0.4, -0.2) is 70.2 Å². The lowest BCUT2D eigenvalue weighted by Crippen LogP contribution is -2.58. The molecule has 0 unspecified atom stereocenters. The Labute approximate surface area is 183 Å². The van der Waals surface area contributed by atoms with Gasteiger partial charge in [-0.3, -0.25) is 14.4 Å². The summed E-state index contributed by atoms with van der Waals surface area (Å²) in [5.41, 5.74) is 6.18. The number of hydrogen-bond acceptors (Lipinski definition) is 6. The zero-order valence-electron chi connectivity index (χ0n) is 18.3. The fourth-order valence-corrected chi connectivity index (χ4v) is 3.67. The van der Waals surface area contributed by atoms with Gasteiger partial charge < -0.3 is 31.5 Å². The molecule has 1 aliphatic rings. The van der Waals surface area contributed by atoms with Crippen LogP contribution in [0, 0.1) is 5.92 Å². The third-order valence-corrected chi connectivity index (χ3v) is 5.53. The highest BCUT2D eigenvalue weighted by molar-refractivity contribution is 5.93. The van der Waals surface area contributed by atoms with Gasteiger partial charge in [0, 0.05) is 6.54 Å². The van der Waals surface area contributed by atoms with Crippen LogP contribution in [-0.2, 0) is 14.4 Å². The second-order valence-corrected chi connectivity index (χ2v) is 8.36. The molecular weight excluding hydrogens is 400 g/mol. The number of carbonyl (C=O) groups is 3. The van der Waals surface area contributed by atoms with Crippen LogP contribution in [0.3, 0.4) is 0 Å². The van der Waals surface area contributed by atoms with Crippen molar-refractivity contribution in [1.82, 2.24) is 15.5 Å². The molecule has 172 valence electrons. The van der Waals surface area contributed by atoms with Gasteiger partial charge in [0.2, 0.25) is 17.7 Å². The molecule has 1 aromatic rings. The molecule has 3 amide bonds. The molecule has 1 heterocycles. The Bertz CT molecular complexity index is 756. The largest absolute Gasteiger partial charge is 0.394 e. The number of amides is 3.